The third-order valence-corrected chi connectivity index (χ3v) is 4.83. The van der Waals surface area contributed by atoms with Crippen LogP contribution in [0, 0.1) is 6.92 Å². The molecule has 0 fully saturated rings. The van der Waals surface area contributed by atoms with Crippen LogP contribution >= 0.6 is 34.5 Å². The number of nitrogens with two attached hydrogens (primary N) is 1. The summed E-state index contributed by atoms with van der Waals surface area (Å²) in [6.07, 6.45) is 0. The highest BCUT2D eigenvalue weighted by atomic mass is 35.5. The van der Waals surface area contributed by atoms with Gasteiger partial charge in [-0.25, -0.2) is 4.98 Å². The lowest BCUT2D eigenvalue weighted by Gasteiger charge is -2.06. The summed E-state index contributed by atoms with van der Waals surface area (Å²) < 4.78 is 0. The number of thiazole rings is 1. The third-order valence-electron chi connectivity index (χ3n) is 3.38. The van der Waals surface area contributed by atoms with E-state index >= 15 is 0 Å². The predicted octanol–water partition coefficient (Wildman–Crippen LogP) is 5.32. The Morgan fingerprint density at radius 1 is 1.17 bits per heavy atom. The molecule has 1 aromatic heterocycles. The average molecular weight is 378 g/mol. The summed E-state index contributed by atoms with van der Waals surface area (Å²) in [5.41, 5.74) is 8.22. The number of rotatable bonds is 4. The molecular weight excluding hydrogens is 365 g/mol. The minimum atomic E-state index is -0.201. The van der Waals surface area contributed by atoms with Gasteiger partial charge in [0.25, 0.3) is 0 Å². The van der Waals surface area contributed by atoms with Gasteiger partial charge in [0.1, 0.15) is 10.7 Å². The van der Waals surface area contributed by atoms with Gasteiger partial charge in [-0.3, -0.25) is 4.79 Å². The van der Waals surface area contributed by atoms with Crippen molar-refractivity contribution in [3.63, 3.8) is 0 Å². The Bertz CT molecular complexity index is 924. The van der Waals surface area contributed by atoms with Crippen LogP contribution in [-0.2, 0) is 0 Å². The lowest BCUT2D eigenvalue weighted by molar-refractivity contribution is 0.104. The van der Waals surface area contributed by atoms with Crippen molar-refractivity contribution >= 4 is 57.0 Å². The maximum absolute atomic E-state index is 12.6. The van der Waals surface area contributed by atoms with Gasteiger partial charge in [0, 0.05) is 21.3 Å². The molecule has 0 saturated carbocycles. The molecule has 7 heteroatoms. The fourth-order valence-electron chi connectivity index (χ4n) is 2.19. The van der Waals surface area contributed by atoms with Crippen LogP contribution in [0.5, 0.6) is 0 Å². The lowest BCUT2D eigenvalue weighted by atomic mass is 10.1. The SMILES string of the molecule is Cc1cc(Cl)ccc1Nc1nc(N)c(C(=O)c2cccc(Cl)c2)s1. The number of benzene rings is 2. The molecule has 0 bridgehead atoms. The molecule has 0 aliphatic rings. The molecule has 0 spiro atoms. The Morgan fingerprint density at radius 3 is 2.62 bits per heavy atom. The second kappa shape index (κ2) is 6.81. The maximum atomic E-state index is 12.6. The van der Waals surface area contributed by atoms with Crippen molar-refractivity contribution < 1.29 is 4.79 Å². The zero-order valence-corrected chi connectivity index (χ0v) is 15.0. The number of anilines is 3. The summed E-state index contributed by atoms with van der Waals surface area (Å²) >= 11 is 13.1. The maximum Gasteiger partial charge on any atom is 0.206 e. The first-order valence-electron chi connectivity index (χ1n) is 7.04. The van der Waals surface area contributed by atoms with Crippen molar-refractivity contribution in [1.29, 1.82) is 0 Å². The number of hydrogen-bond acceptors (Lipinski definition) is 5. The Hall–Kier alpha value is -2.08. The molecule has 3 N–H and O–H groups in total. The summed E-state index contributed by atoms with van der Waals surface area (Å²) in [5.74, 6) is -0.00697. The number of nitrogens with one attached hydrogen (secondary N) is 1. The van der Waals surface area contributed by atoms with Crippen molar-refractivity contribution in [3.05, 3.63) is 68.5 Å². The number of ketones is 1. The fraction of sp³-hybridized carbons (Fsp3) is 0.0588. The predicted molar refractivity (Wildman–Crippen MR) is 101 cm³/mol. The number of carbonyl (C=O) groups excluding carboxylic acids is 1. The van der Waals surface area contributed by atoms with E-state index in [2.05, 4.69) is 10.3 Å². The molecule has 0 amide bonds. The van der Waals surface area contributed by atoms with Crippen LogP contribution in [0.3, 0.4) is 0 Å². The Kier molecular flexibility index (Phi) is 4.76. The zero-order valence-electron chi connectivity index (χ0n) is 12.6. The van der Waals surface area contributed by atoms with E-state index in [1.165, 1.54) is 11.3 Å². The van der Waals surface area contributed by atoms with Crippen LogP contribution in [-0.4, -0.2) is 10.8 Å². The molecule has 0 unspecified atom stereocenters. The monoisotopic (exact) mass is 377 g/mol. The minimum absolute atomic E-state index is 0.194. The van der Waals surface area contributed by atoms with Gasteiger partial charge in [-0.05, 0) is 42.8 Å². The molecule has 4 nitrogen and oxygen atoms in total. The Balaban J connectivity index is 1.89. The van der Waals surface area contributed by atoms with Crippen LogP contribution in [0.4, 0.5) is 16.6 Å². The van der Waals surface area contributed by atoms with Crippen LogP contribution in [0.1, 0.15) is 20.8 Å². The molecule has 0 radical (unpaired) electrons. The van der Waals surface area contributed by atoms with Gasteiger partial charge in [0.15, 0.2) is 5.13 Å². The molecular formula is C17H13Cl2N3OS. The highest BCUT2D eigenvalue weighted by Gasteiger charge is 2.18. The topological polar surface area (TPSA) is 68.0 Å². The highest BCUT2D eigenvalue weighted by molar-refractivity contribution is 7.18. The quantitative estimate of drug-likeness (QED) is 0.604. The highest BCUT2D eigenvalue weighted by Crippen LogP contribution is 2.31. The van der Waals surface area contributed by atoms with Gasteiger partial charge in [-0.1, -0.05) is 46.7 Å². The molecule has 0 aliphatic heterocycles. The van der Waals surface area contributed by atoms with E-state index in [9.17, 15) is 4.79 Å². The van der Waals surface area contributed by atoms with E-state index in [1.54, 1.807) is 30.3 Å². The normalized spacial score (nSPS) is 10.6. The number of nitrogen functional groups attached to an aromatic ring is 1. The smallest absolute Gasteiger partial charge is 0.206 e. The number of nitrogens with zero attached hydrogens (tertiary/aromatic N) is 1. The average Bonchev–Trinajstić information content (AvgIpc) is 2.90. The first-order chi connectivity index (χ1) is 11.4. The second-order valence-corrected chi connectivity index (χ2v) is 7.03. The molecule has 0 atom stereocenters. The van der Waals surface area contributed by atoms with Gasteiger partial charge in [0.05, 0.1) is 0 Å². The third kappa shape index (κ3) is 3.53. The summed E-state index contributed by atoms with van der Waals surface area (Å²) in [4.78, 5) is 17.2. The van der Waals surface area contributed by atoms with E-state index in [4.69, 9.17) is 28.9 Å². The van der Waals surface area contributed by atoms with E-state index in [-0.39, 0.29) is 11.6 Å². The Labute approximate surface area is 153 Å². The van der Waals surface area contributed by atoms with E-state index in [0.717, 1.165) is 11.3 Å². The van der Waals surface area contributed by atoms with E-state index in [1.807, 2.05) is 19.1 Å². The molecule has 1 heterocycles. The number of carbonyl (C=O) groups is 1. The number of halogens is 2. The summed E-state index contributed by atoms with van der Waals surface area (Å²) in [6, 6.07) is 12.2. The van der Waals surface area contributed by atoms with E-state index in [0.29, 0.717) is 25.6 Å². The van der Waals surface area contributed by atoms with Crippen LogP contribution in [0.15, 0.2) is 42.5 Å². The molecule has 3 aromatic rings. The summed E-state index contributed by atoms with van der Waals surface area (Å²) in [5, 5.41) is 4.87. The first kappa shape index (κ1) is 16.8. The van der Waals surface area contributed by atoms with Gasteiger partial charge in [0.2, 0.25) is 5.78 Å². The number of aromatic nitrogens is 1. The van der Waals surface area contributed by atoms with Crippen molar-refractivity contribution in [1.82, 2.24) is 4.98 Å². The molecule has 2 aromatic carbocycles. The fourth-order valence-corrected chi connectivity index (χ4v) is 3.47. The standard InChI is InChI=1S/C17H13Cl2N3OS/c1-9-7-12(19)5-6-13(9)21-17-22-16(20)15(24-17)14(23)10-3-2-4-11(18)8-10/h2-8H,20H2,1H3,(H,21,22). The first-order valence-corrected chi connectivity index (χ1v) is 8.61. The van der Waals surface area contributed by atoms with Crippen molar-refractivity contribution in [3.8, 4) is 0 Å². The van der Waals surface area contributed by atoms with Gasteiger partial charge >= 0.3 is 0 Å². The molecule has 3 rings (SSSR count). The van der Waals surface area contributed by atoms with E-state index < -0.39 is 0 Å². The van der Waals surface area contributed by atoms with Crippen LogP contribution in [0.25, 0.3) is 0 Å². The summed E-state index contributed by atoms with van der Waals surface area (Å²) in [7, 11) is 0. The molecule has 0 saturated heterocycles. The molecule has 122 valence electrons. The molecule has 0 aliphatic carbocycles. The largest absolute Gasteiger partial charge is 0.382 e. The summed E-state index contributed by atoms with van der Waals surface area (Å²) in [6.45, 7) is 1.93. The van der Waals surface area contributed by atoms with Crippen molar-refractivity contribution in [2.45, 2.75) is 6.92 Å². The van der Waals surface area contributed by atoms with Gasteiger partial charge in [-0.2, -0.15) is 0 Å². The van der Waals surface area contributed by atoms with Crippen molar-refractivity contribution in [2.75, 3.05) is 11.1 Å². The van der Waals surface area contributed by atoms with Gasteiger partial charge in [-0.15, -0.1) is 0 Å². The van der Waals surface area contributed by atoms with Crippen molar-refractivity contribution in [2.24, 2.45) is 0 Å². The minimum Gasteiger partial charge on any atom is -0.382 e. The lowest BCUT2D eigenvalue weighted by Crippen LogP contribution is -2.02. The van der Waals surface area contributed by atoms with Gasteiger partial charge < -0.3 is 11.1 Å². The zero-order chi connectivity index (χ0) is 17.3. The Morgan fingerprint density at radius 2 is 1.92 bits per heavy atom. The van der Waals surface area contributed by atoms with Crippen LogP contribution < -0.4 is 11.1 Å². The second-order valence-electron chi connectivity index (χ2n) is 5.16. The number of hydrogen-bond donors (Lipinski definition) is 2. The number of aryl methyl sites for hydroxylation is 1. The van der Waals surface area contributed by atoms with Crippen LogP contribution in [0.2, 0.25) is 10.0 Å². The molecule has 24 heavy (non-hydrogen) atoms.